The number of nitrogens with zero attached hydrogens (tertiary/aromatic N) is 2. The van der Waals surface area contributed by atoms with E-state index >= 15 is 0 Å². The number of thioether (sulfide) groups is 1. The molecule has 4 aromatic rings. The van der Waals surface area contributed by atoms with Crippen LogP contribution in [-0.4, -0.2) is 42.4 Å². The second-order valence-electron chi connectivity index (χ2n) is 7.10. The Morgan fingerprint density at radius 3 is 2.75 bits per heavy atom. The summed E-state index contributed by atoms with van der Waals surface area (Å²) in [7, 11) is 3.12. The number of fused-ring (bicyclic) bond motifs is 2. The standard InChI is InChI=1S/C24H22N4O3S/c1-30-21-10-16-9-17(12-25)24(28-20(16)11-22(21)31-2)32-14-23(29)26-8-7-15-13-27-19-6-4-3-5-18(15)19/h3-6,9-11,13,27H,7-8,14H2,1-2H3,(H,26,29). The minimum Gasteiger partial charge on any atom is -0.493 e. The maximum Gasteiger partial charge on any atom is 0.230 e. The van der Waals surface area contributed by atoms with Crippen LogP contribution in [0.1, 0.15) is 11.1 Å². The van der Waals surface area contributed by atoms with Crippen LogP contribution in [0.2, 0.25) is 0 Å². The lowest BCUT2D eigenvalue weighted by Gasteiger charge is -2.11. The largest absolute Gasteiger partial charge is 0.493 e. The van der Waals surface area contributed by atoms with Crippen LogP contribution < -0.4 is 14.8 Å². The van der Waals surface area contributed by atoms with Crippen molar-refractivity contribution < 1.29 is 14.3 Å². The molecule has 32 heavy (non-hydrogen) atoms. The first kappa shape index (κ1) is 21.5. The zero-order valence-corrected chi connectivity index (χ0v) is 18.6. The first-order valence-corrected chi connectivity index (χ1v) is 11.0. The second kappa shape index (κ2) is 9.62. The summed E-state index contributed by atoms with van der Waals surface area (Å²) in [5.41, 5.74) is 3.34. The monoisotopic (exact) mass is 446 g/mol. The number of rotatable bonds is 8. The lowest BCUT2D eigenvalue weighted by Crippen LogP contribution is -2.27. The molecule has 4 rings (SSSR count). The van der Waals surface area contributed by atoms with Crippen molar-refractivity contribution in [3.8, 4) is 17.6 Å². The minimum atomic E-state index is -0.104. The molecule has 0 saturated carbocycles. The van der Waals surface area contributed by atoms with Gasteiger partial charge in [0.05, 0.1) is 31.1 Å². The quantitative estimate of drug-likeness (QED) is 0.396. The van der Waals surface area contributed by atoms with E-state index < -0.39 is 0 Å². The number of nitriles is 1. The Labute approximate surface area is 189 Å². The van der Waals surface area contributed by atoms with Crippen LogP contribution in [0.15, 0.2) is 53.7 Å². The third-order valence-corrected chi connectivity index (χ3v) is 6.13. The van der Waals surface area contributed by atoms with E-state index in [-0.39, 0.29) is 11.7 Å². The highest BCUT2D eigenvalue weighted by Gasteiger charge is 2.13. The van der Waals surface area contributed by atoms with Crippen LogP contribution in [0.25, 0.3) is 21.8 Å². The topological polar surface area (TPSA) is 100 Å². The summed E-state index contributed by atoms with van der Waals surface area (Å²) in [5, 5.41) is 14.9. The fourth-order valence-corrected chi connectivity index (χ4v) is 4.33. The van der Waals surface area contributed by atoms with E-state index in [2.05, 4.69) is 27.4 Å². The number of hydrogen-bond donors (Lipinski definition) is 2. The highest BCUT2D eigenvalue weighted by Crippen LogP contribution is 2.33. The molecule has 0 aliphatic rings. The van der Waals surface area contributed by atoms with Gasteiger partial charge in [-0.3, -0.25) is 4.79 Å². The molecule has 0 spiro atoms. The average molecular weight is 447 g/mol. The molecule has 2 N–H and O–H groups in total. The molecule has 0 bridgehead atoms. The highest BCUT2D eigenvalue weighted by molar-refractivity contribution is 8.00. The number of H-pyrrole nitrogens is 1. The fraction of sp³-hybridized carbons (Fsp3) is 0.208. The van der Waals surface area contributed by atoms with Gasteiger partial charge < -0.3 is 19.8 Å². The SMILES string of the molecule is COc1cc2cc(C#N)c(SCC(=O)NCCc3c[nH]c4ccccc34)nc2cc1OC. The van der Waals surface area contributed by atoms with E-state index in [9.17, 15) is 10.1 Å². The summed E-state index contributed by atoms with van der Waals surface area (Å²) in [6.45, 7) is 0.536. The zero-order valence-electron chi connectivity index (χ0n) is 17.8. The predicted molar refractivity (Wildman–Crippen MR) is 125 cm³/mol. The molecule has 1 amide bonds. The third-order valence-electron chi connectivity index (χ3n) is 5.14. The van der Waals surface area contributed by atoms with Gasteiger partial charge in [-0.1, -0.05) is 30.0 Å². The van der Waals surface area contributed by atoms with Crippen LogP contribution in [-0.2, 0) is 11.2 Å². The molecule has 0 aliphatic carbocycles. The Balaban J connectivity index is 1.40. The molecule has 0 saturated heterocycles. The van der Waals surface area contributed by atoms with Crippen molar-refractivity contribution in [2.75, 3.05) is 26.5 Å². The van der Waals surface area contributed by atoms with Crippen molar-refractivity contribution in [2.45, 2.75) is 11.4 Å². The Hall–Kier alpha value is -3.70. The van der Waals surface area contributed by atoms with Crippen LogP contribution in [0, 0.1) is 11.3 Å². The number of carbonyl (C=O) groups excluding carboxylic acids is 1. The molecular formula is C24H22N4O3S. The second-order valence-corrected chi connectivity index (χ2v) is 8.06. The van der Waals surface area contributed by atoms with Gasteiger partial charge in [0.25, 0.3) is 0 Å². The summed E-state index contributed by atoms with van der Waals surface area (Å²) in [6.07, 6.45) is 2.72. The van der Waals surface area contributed by atoms with Crippen molar-refractivity contribution in [1.82, 2.24) is 15.3 Å². The molecule has 2 aromatic carbocycles. The molecule has 0 atom stereocenters. The molecule has 8 heteroatoms. The first-order valence-electron chi connectivity index (χ1n) is 10.0. The van der Waals surface area contributed by atoms with Gasteiger partial charge in [0, 0.05) is 35.1 Å². The van der Waals surface area contributed by atoms with Gasteiger partial charge in [0.15, 0.2) is 11.5 Å². The summed E-state index contributed by atoms with van der Waals surface area (Å²) < 4.78 is 10.7. The van der Waals surface area contributed by atoms with Crippen molar-refractivity contribution in [2.24, 2.45) is 0 Å². The first-order chi connectivity index (χ1) is 15.6. The Morgan fingerprint density at radius 2 is 1.97 bits per heavy atom. The van der Waals surface area contributed by atoms with Crippen molar-refractivity contribution >= 4 is 39.5 Å². The van der Waals surface area contributed by atoms with Gasteiger partial charge in [-0.05, 0) is 30.2 Å². The van der Waals surface area contributed by atoms with Gasteiger partial charge in [0.2, 0.25) is 5.91 Å². The number of carbonyl (C=O) groups is 1. The van der Waals surface area contributed by atoms with Gasteiger partial charge in [-0.15, -0.1) is 0 Å². The fourth-order valence-electron chi connectivity index (χ4n) is 3.53. The number of para-hydroxylation sites is 1. The molecule has 2 aromatic heterocycles. The van der Waals surface area contributed by atoms with Crippen LogP contribution >= 0.6 is 11.8 Å². The molecule has 0 unspecified atom stereocenters. The Morgan fingerprint density at radius 1 is 1.19 bits per heavy atom. The number of aromatic nitrogens is 2. The van der Waals surface area contributed by atoms with Gasteiger partial charge in [-0.25, -0.2) is 4.98 Å². The summed E-state index contributed by atoms with van der Waals surface area (Å²) in [6, 6.07) is 15.6. The van der Waals surface area contributed by atoms with Crippen molar-refractivity contribution in [3.05, 3.63) is 59.8 Å². The molecule has 0 fully saturated rings. The number of nitrogens with one attached hydrogen (secondary N) is 2. The molecule has 162 valence electrons. The van der Waals surface area contributed by atoms with E-state index in [4.69, 9.17) is 9.47 Å². The number of methoxy groups -OCH3 is 2. The minimum absolute atomic E-state index is 0.104. The zero-order chi connectivity index (χ0) is 22.5. The summed E-state index contributed by atoms with van der Waals surface area (Å²) >= 11 is 1.24. The van der Waals surface area contributed by atoms with E-state index in [1.165, 1.54) is 22.7 Å². The normalized spacial score (nSPS) is 10.8. The van der Waals surface area contributed by atoms with Gasteiger partial charge in [-0.2, -0.15) is 5.26 Å². The molecule has 0 radical (unpaired) electrons. The number of ether oxygens (including phenoxy) is 2. The molecule has 2 heterocycles. The third kappa shape index (κ3) is 4.48. The molecule has 7 nitrogen and oxygen atoms in total. The maximum atomic E-state index is 12.4. The number of pyridine rings is 1. The highest BCUT2D eigenvalue weighted by atomic mass is 32.2. The lowest BCUT2D eigenvalue weighted by atomic mass is 10.1. The number of aromatic amines is 1. The van der Waals surface area contributed by atoms with Gasteiger partial charge >= 0.3 is 0 Å². The number of amides is 1. The van der Waals surface area contributed by atoms with E-state index in [1.807, 2.05) is 24.4 Å². The predicted octanol–water partition coefficient (Wildman–Crippen LogP) is 4.06. The number of benzene rings is 2. The van der Waals surface area contributed by atoms with Gasteiger partial charge in [0.1, 0.15) is 11.1 Å². The van der Waals surface area contributed by atoms with E-state index in [0.717, 1.165) is 17.3 Å². The molecule has 0 aliphatic heterocycles. The summed E-state index contributed by atoms with van der Waals surface area (Å²) in [5.74, 6) is 1.20. The van der Waals surface area contributed by atoms with Crippen LogP contribution in [0.4, 0.5) is 0 Å². The lowest BCUT2D eigenvalue weighted by molar-refractivity contribution is -0.118. The molecular weight excluding hydrogens is 424 g/mol. The Bertz CT molecular complexity index is 1330. The van der Waals surface area contributed by atoms with E-state index in [0.29, 0.717) is 34.1 Å². The Kier molecular flexibility index (Phi) is 6.47. The van der Waals surface area contributed by atoms with Crippen molar-refractivity contribution in [1.29, 1.82) is 5.26 Å². The van der Waals surface area contributed by atoms with Crippen molar-refractivity contribution in [3.63, 3.8) is 0 Å². The summed E-state index contributed by atoms with van der Waals surface area (Å²) in [4.78, 5) is 20.2. The maximum absolute atomic E-state index is 12.4. The van der Waals surface area contributed by atoms with E-state index in [1.54, 1.807) is 32.4 Å². The van der Waals surface area contributed by atoms with Crippen LogP contribution in [0.5, 0.6) is 11.5 Å². The smallest absolute Gasteiger partial charge is 0.230 e. The van der Waals surface area contributed by atoms with Crippen LogP contribution in [0.3, 0.4) is 0 Å². The number of hydrogen-bond acceptors (Lipinski definition) is 6. The average Bonchev–Trinajstić information content (AvgIpc) is 3.24.